The minimum atomic E-state index is 0.176. The standard InChI is InChI=1S/C17H18O3/c1-18-14-8-7-13(17(11-14)19-2)10-15-9-12-5-3-4-6-16(12)20-15/h3-8,11,15H,9-10H2,1-2H3. The highest BCUT2D eigenvalue weighted by molar-refractivity contribution is 5.43. The monoisotopic (exact) mass is 270 g/mol. The van der Waals surface area contributed by atoms with E-state index in [0.717, 1.165) is 35.7 Å². The second-order valence-corrected chi connectivity index (χ2v) is 4.93. The van der Waals surface area contributed by atoms with Crippen molar-refractivity contribution in [2.45, 2.75) is 18.9 Å². The lowest BCUT2D eigenvalue weighted by Gasteiger charge is -2.14. The van der Waals surface area contributed by atoms with Gasteiger partial charge in [-0.25, -0.2) is 0 Å². The molecule has 2 aromatic rings. The molecule has 0 saturated carbocycles. The van der Waals surface area contributed by atoms with Crippen molar-refractivity contribution in [1.29, 1.82) is 0 Å². The van der Waals surface area contributed by atoms with Crippen LogP contribution in [0.25, 0.3) is 0 Å². The van der Waals surface area contributed by atoms with Gasteiger partial charge in [0.2, 0.25) is 0 Å². The van der Waals surface area contributed by atoms with Gasteiger partial charge in [0.15, 0.2) is 0 Å². The summed E-state index contributed by atoms with van der Waals surface area (Å²) < 4.78 is 16.6. The fourth-order valence-corrected chi connectivity index (χ4v) is 2.63. The number of ether oxygens (including phenoxy) is 3. The fraction of sp³-hybridized carbons (Fsp3) is 0.294. The molecule has 0 N–H and O–H groups in total. The molecule has 3 rings (SSSR count). The van der Waals surface area contributed by atoms with Gasteiger partial charge in [-0.3, -0.25) is 0 Å². The second-order valence-electron chi connectivity index (χ2n) is 4.93. The normalized spacial score (nSPS) is 16.4. The number of benzene rings is 2. The largest absolute Gasteiger partial charge is 0.497 e. The van der Waals surface area contributed by atoms with E-state index in [-0.39, 0.29) is 6.10 Å². The quantitative estimate of drug-likeness (QED) is 0.853. The number of rotatable bonds is 4. The van der Waals surface area contributed by atoms with Gasteiger partial charge in [-0.05, 0) is 23.3 Å². The molecular weight excluding hydrogens is 252 g/mol. The van der Waals surface area contributed by atoms with Crippen molar-refractivity contribution in [3.05, 3.63) is 53.6 Å². The van der Waals surface area contributed by atoms with Gasteiger partial charge in [-0.15, -0.1) is 0 Å². The Morgan fingerprint density at radius 1 is 1.10 bits per heavy atom. The first-order chi connectivity index (χ1) is 9.80. The smallest absolute Gasteiger partial charge is 0.125 e. The minimum Gasteiger partial charge on any atom is -0.497 e. The fourth-order valence-electron chi connectivity index (χ4n) is 2.63. The molecule has 0 amide bonds. The zero-order chi connectivity index (χ0) is 13.9. The lowest BCUT2D eigenvalue weighted by atomic mass is 10.0. The molecule has 1 heterocycles. The van der Waals surface area contributed by atoms with Crippen LogP contribution in [0.5, 0.6) is 17.2 Å². The van der Waals surface area contributed by atoms with E-state index < -0.39 is 0 Å². The van der Waals surface area contributed by atoms with Gasteiger partial charge in [-0.1, -0.05) is 24.3 Å². The number of fused-ring (bicyclic) bond motifs is 1. The van der Waals surface area contributed by atoms with Crippen LogP contribution >= 0.6 is 0 Å². The molecule has 1 aliphatic heterocycles. The van der Waals surface area contributed by atoms with Crippen LogP contribution in [0.15, 0.2) is 42.5 Å². The molecule has 2 aromatic carbocycles. The van der Waals surface area contributed by atoms with Crippen molar-refractivity contribution in [2.24, 2.45) is 0 Å². The first kappa shape index (κ1) is 12.9. The van der Waals surface area contributed by atoms with Crippen molar-refractivity contribution in [2.75, 3.05) is 14.2 Å². The maximum absolute atomic E-state index is 5.98. The molecule has 0 aromatic heterocycles. The van der Waals surface area contributed by atoms with Crippen LogP contribution in [0.1, 0.15) is 11.1 Å². The number of hydrogen-bond acceptors (Lipinski definition) is 3. The van der Waals surface area contributed by atoms with Crippen molar-refractivity contribution >= 4 is 0 Å². The van der Waals surface area contributed by atoms with E-state index in [1.165, 1.54) is 5.56 Å². The molecule has 0 radical (unpaired) electrons. The van der Waals surface area contributed by atoms with E-state index in [9.17, 15) is 0 Å². The van der Waals surface area contributed by atoms with Crippen molar-refractivity contribution in [3.8, 4) is 17.2 Å². The van der Waals surface area contributed by atoms with E-state index in [0.29, 0.717) is 0 Å². The molecule has 1 aliphatic rings. The van der Waals surface area contributed by atoms with E-state index in [1.807, 2.05) is 30.3 Å². The second kappa shape index (κ2) is 5.45. The Balaban J connectivity index is 1.76. The predicted molar refractivity (Wildman–Crippen MR) is 77.8 cm³/mol. The van der Waals surface area contributed by atoms with E-state index in [1.54, 1.807) is 14.2 Å². The molecule has 0 spiro atoms. The summed E-state index contributed by atoms with van der Waals surface area (Å²) in [6.07, 6.45) is 1.96. The van der Waals surface area contributed by atoms with Crippen molar-refractivity contribution in [3.63, 3.8) is 0 Å². The Bertz CT molecular complexity index is 582. The summed E-state index contributed by atoms with van der Waals surface area (Å²) in [6.45, 7) is 0. The van der Waals surface area contributed by atoms with E-state index in [4.69, 9.17) is 14.2 Å². The average Bonchev–Trinajstić information content (AvgIpc) is 2.90. The van der Waals surface area contributed by atoms with Crippen LogP contribution in [-0.4, -0.2) is 20.3 Å². The maximum atomic E-state index is 5.98. The Morgan fingerprint density at radius 3 is 2.70 bits per heavy atom. The Hall–Kier alpha value is -2.16. The summed E-state index contributed by atoms with van der Waals surface area (Å²) >= 11 is 0. The first-order valence-electron chi connectivity index (χ1n) is 6.75. The molecule has 0 bridgehead atoms. The zero-order valence-corrected chi connectivity index (χ0v) is 11.8. The lowest BCUT2D eigenvalue weighted by molar-refractivity contribution is 0.231. The average molecular weight is 270 g/mol. The SMILES string of the molecule is COc1ccc(CC2Cc3ccccc3O2)c(OC)c1. The minimum absolute atomic E-state index is 0.176. The summed E-state index contributed by atoms with van der Waals surface area (Å²) in [6, 6.07) is 14.1. The number of methoxy groups -OCH3 is 2. The summed E-state index contributed by atoms with van der Waals surface area (Å²) in [7, 11) is 3.34. The molecule has 104 valence electrons. The molecule has 1 atom stereocenters. The molecule has 0 fully saturated rings. The molecule has 3 heteroatoms. The first-order valence-corrected chi connectivity index (χ1v) is 6.75. The summed E-state index contributed by atoms with van der Waals surface area (Å²) in [5, 5.41) is 0. The third kappa shape index (κ3) is 2.44. The van der Waals surface area contributed by atoms with E-state index >= 15 is 0 Å². The molecule has 0 saturated heterocycles. The molecule has 1 unspecified atom stereocenters. The van der Waals surface area contributed by atoms with Gasteiger partial charge in [0.1, 0.15) is 23.4 Å². The van der Waals surface area contributed by atoms with Gasteiger partial charge in [0.05, 0.1) is 14.2 Å². The van der Waals surface area contributed by atoms with Crippen LogP contribution < -0.4 is 14.2 Å². The van der Waals surface area contributed by atoms with E-state index in [2.05, 4.69) is 12.1 Å². The summed E-state index contributed by atoms with van der Waals surface area (Å²) in [5.41, 5.74) is 2.43. The van der Waals surface area contributed by atoms with Gasteiger partial charge in [-0.2, -0.15) is 0 Å². The highest BCUT2D eigenvalue weighted by Crippen LogP contribution is 2.32. The molecular formula is C17H18O3. The lowest BCUT2D eigenvalue weighted by Crippen LogP contribution is -2.16. The zero-order valence-electron chi connectivity index (χ0n) is 11.8. The van der Waals surface area contributed by atoms with Crippen LogP contribution in [0.3, 0.4) is 0 Å². The molecule has 3 nitrogen and oxygen atoms in total. The highest BCUT2D eigenvalue weighted by atomic mass is 16.5. The van der Waals surface area contributed by atoms with Crippen LogP contribution in [0.2, 0.25) is 0 Å². The number of para-hydroxylation sites is 1. The van der Waals surface area contributed by atoms with Crippen molar-refractivity contribution in [1.82, 2.24) is 0 Å². The Morgan fingerprint density at radius 2 is 1.95 bits per heavy atom. The predicted octanol–water partition coefficient (Wildman–Crippen LogP) is 3.25. The van der Waals surface area contributed by atoms with Gasteiger partial charge >= 0.3 is 0 Å². The Labute approximate surface area is 119 Å². The topological polar surface area (TPSA) is 27.7 Å². The molecule has 20 heavy (non-hydrogen) atoms. The van der Waals surface area contributed by atoms with Gasteiger partial charge in [0, 0.05) is 18.9 Å². The summed E-state index contributed by atoms with van der Waals surface area (Å²) in [5.74, 6) is 2.66. The van der Waals surface area contributed by atoms with Crippen LogP contribution in [-0.2, 0) is 12.8 Å². The van der Waals surface area contributed by atoms with Crippen LogP contribution in [0, 0.1) is 0 Å². The molecule has 0 aliphatic carbocycles. The van der Waals surface area contributed by atoms with Crippen LogP contribution in [0.4, 0.5) is 0 Å². The number of hydrogen-bond donors (Lipinski definition) is 0. The third-order valence-corrected chi connectivity index (χ3v) is 3.66. The highest BCUT2D eigenvalue weighted by Gasteiger charge is 2.23. The maximum Gasteiger partial charge on any atom is 0.125 e. The van der Waals surface area contributed by atoms with Gasteiger partial charge < -0.3 is 14.2 Å². The third-order valence-electron chi connectivity index (χ3n) is 3.66. The van der Waals surface area contributed by atoms with Crippen molar-refractivity contribution < 1.29 is 14.2 Å². The van der Waals surface area contributed by atoms with Gasteiger partial charge in [0.25, 0.3) is 0 Å². The Kier molecular flexibility index (Phi) is 3.50. The summed E-state index contributed by atoms with van der Waals surface area (Å²) in [4.78, 5) is 0.